The van der Waals surface area contributed by atoms with E-state index in [1.807, 2.05) is 0 Å². The fourth-order valence-electron chi connectivity index (χ4n) is 2.55. The predicted octanol–water partition coefficient (Wildman–Crippen LogP) is 1.81. The molecule has 2 N–H and O–H groups in total. The maximum Gasteiger partial charge on any atom is 0.0555 e. The molecule has 0 amide bonds. The van der Waals surface area contributed by atoms with Crippen LogP contribution in [0.25, 0.3) is 0 Å². The van der Waals surface area contributed by atoms with Gasteiger partial charge in [0.2, 0.25) is 0 Å². The highest BCUT2D eigenvalue weighted by Crippen LogP contribution is 2.32. The maximum absolute atomic E-state index is 8.70. The van der Waals surface area contributed by atoms with Gasteiger partial charge in [0, 0.05) is 6.54 Å². The summed E-state index contributed by atoms with van der Waals surface area (Å²) < 4.78 is 0. The highest BCUT2D eigenvalue weighted by Gasteiger charge is 2.25. The molecule has 2 heteroatoms. The molecule has 82 valence electrons. The third-order valence-corrected chi connectivity index (χ3v) is 3.27. The summed E-state index contributed by atoms with van der Waals surface area (Å²) in [5.41, 5.74) is 1.53. The summed E-state index contributed by atoms with van der Waals surface area (Å²) >= 11 is 0. The van der Waals surface area contributed by atoms with E-state index in [9.17, 15) is 0 Å². The minimum absolute atomic E-state index is 0.240. The molecule has 0 saturated heterocycles. The zero-order chi connectivity index (χ0) is 10.6. The van der Waals surface area contributed by atoms with Crippen molar-refractivity contribution in [1.29, 1.82) is 0 Å². The molecule has 0 spiro atoms. The van der Waals surface area contributed by atoms with Crippen molar-refractivity contribution in [2.24, 2.45) is 17.8 Å². The van der Waals surface area contributed by atoms with Gasteiger partial charge >= 0.3 is 0 Å². The Morgan fingerprint density at radius 2 is 2.21 bits per heavy atom. The van der Waals surface area contributed by atoms with Crippen molar-refractivity contribution in [2.75, 3.05) is 19.7 Å². The largest absolute Gasteiger partial charge is 0.395 e. The van der Waals surface area contributed by atoms with Crippen molar-refractivity contribution < 1.29 is 5.11 Å². The third-order valence-electron chi connectivity index (χ3n) is 3.27. The summed E-state index contributed by atoms with van der Waals surface area (Å²) in [5.74, 6) is 2.16. The van der Waals surface area contributed by atoms with Crippen LogP contribution in [0.3, 0.4) is 0 Å². The van der Waals surface area contributed by atoms with Crippen LogP contribution >= 0.6 is 0 Å². The van der Waals surface area contributed by atoms with Gasteiger partial charge in [-0.2, -0.15) is 0 Å². The molecule has 1 aliphatic carbocycles. The summed E-state index contributed by atoms with van der Waals surface area (Å²) in [4.78, 5) is 0. The SMILES string of the molecule is CC1=C[C@@H](C)[C@H](CNCCO)[C@H](C)C1. The Balaban J connectivity index is 2.43. The second kappa shape index (κ2) is 5.52. The first-order valence-corrected chi connectivity index (χ1v) is 5.64. The van der Waals surface area contributed by atoms with E-state index in [4.69, 9.17) is 5.11 Å². The molecule has 0 fully saturated rings. The van der Waals surface area contributed by atoms with Crippen LogP contribution in [0.1, 0.15) is 27.2 Å². The molecule has 0 saturated carbocycles. The van der Waals surface area contributed by atoms with Gasteiger partial charge < -0.3 is 10.4 Å². The average Bonchev–Trinajstić information content (AvgIpc) is 2.09. The van der Waals surface area contributed by atoms with Gasteiger partial charge in [0.25, 0.3) is 0 Å². The van der Waals surface area contributed by atoms with Crippen molar-refractivity contribution in [3.05, 3.63) is 11.6 Å². The molecular weight excluding hydrogens is 174 g/mol. The first kappa shape index (κ1) is 11.7. The minimum atomic E-state index is 0.240. The lowest BCUT2D eigenvalue weighted by Crippen LogP contribution is -2.34. The standard InChI is InChI=1S/C12H23NO/c1-9-6-10(2)12(11(3)7-9)8-13-4-5-14/h6,10-14H,4-5,7-8H2,1-3H3/t10-,11-,12+/m1/s1. The van der Waals surface area contributed by atoms with E-state index in [2.05, 4.69) is 32.2 Å². The van der Waals surface area contributed by atoms with Gasteiger partial charge in [-0.25, -0.2) is 0 Å². The van der Waals surface area contributed by atoms with Crippen LogP contribution in [0.5, 0.6) is 0 Å². The fraction of sp³-hybridized carbons (Fsp3) is 0.833. The fourth-order valence-corrected chi connectivity index (χ4v) is 2.55. The lowest BCUT2D eigenvalue weighted by molar-refractivity contribution is 0.243. The van der Waals surface area contributed by atoms with Crippen LogP contribution in [0.2, 0.25) is 0 Å². The maximum atomic E-state index is 8.70. The number of nitrogens with one attached hydrogen (secondary N) is 1. The van der Waals surface area contributed by atoms with Crippen LogP contribution in [0, 0.1) is 17.8 Å². The summed E-state index contributed by atoms with van der Waals surface area (Å²) in [5, 5.41) is 12.0. The van der Waals surface area contributed by atoms with Crippen LogP contribution in [0.15, 0.2) is 11.6 Å². The Morgan fingerprint density at radius 1 is 1.50 bits per heavy atom. The number of aliphatic hydroxyl groups excluding tert-OH is 1. The van der Waals surface area contributed by atoms with Gasteiger partial charge in [-0.05, 0) is 37.6 Å². The number of hydrogen-bond acceptors (Lipinski definition) is 2. The van der Waals surface area contributed by atoms with Gasteiger partial charge in [-0.15, -0.1) is 0 Å². The Bertz CT molecular complexity index is 200. The molecule has 0 heterocycles. The van der Waals surface area contributed by atoms with E-state index >= 15 is 0 Å². The van der Waals surface area contributed by atoms with Crippen LogP contribution in [0.4, 0.5) is 0 Å². The second-order valence-electron chi connectivity index (χ2n) is 4.65. The number of hydrogen-bond donors (Lipinski definition) is 2. The van der Waals surface area contributed by atoms with Crippen LogP contribution in [-0.4, -0.2) is 24.8 Å². The Hall–Kier alpha value is -0.340. The lowest BCUT2D eigenvalue weighted by atomic mass is 9.75. The first-order chi connectivity index (χ1) is 6.65. The number of aliphatic hydroxyl groups is 1. The van der Waals surface area contributed by atoms with Gasteiger partial charge in [0.15, 0.2) is 0 Å². The van der Waals surface area contributed by atoms with E-state index in [1.165, 1.54) is 12.0 Å². The van der Waals surface area contributed by atoms with Crippen molar-refractivity contribution in [3.63, 3.8) is 0 Å². The predicted molar refractivity (Wildman–Crippen MR) is 60.1 cm³/mol. The monoisotopic (exact) mass is 197 g/mol. The zero-order valence-electron chi connectivity index (χ0n) is 9.59. The van der Waals surface area contributed by atoms with E-state index in [0.29, 0.717) is 5.92 Å². The molecule has 2 nitrogen and oxygen atoms in total. The first-order valence-electron chi connectivity index (χ1n) is 5.64. The molecule has 3 atom stereocenters. The van der Waals surface area contributed by atoms with Gasteiger partial charge in [-0.3, -0.25) is 0 Å². The smallest absolute Gasteiger partial charge is 0.0555 e. The zero-order valence-corrected chi connectivity index (χ0v) is 9.59. The van der Waals surface area contributed by atoms with Crippen molar-refractivity contribution >= 4 is 0 Å². The third kappa shape index (κ3) is 3.10. The quantitative estimate of drug-likeness (QED) is 0.532. The molecule has 1 aliphatic rings. The summed E-state index contributed by atoms with van der Waals surface area (Å²) in [6, 6.07) is 0. The molecule has 0 aromatic carbocycles. The topological polar surface area (TPSA) is 32.3 Å². The molecule has 0 unspecified atom stereocenters. The van der Waals surface area contributed by atoms with Gasteiger partial charge in [0.05, 0.1) is 6.61 Å². The van der Waals surface area contributed by atoms with Crippen molar-refractivity contribution in [3.8, 4) is 0 Å². The Kier molecular flexibility index (Phi) is 4.63. The summed E-state index contributed by atoms with van der Waals surface area (Å²) in [7, 11) is 0. The van der Waals surface area contributed by atoms with Crippen LogP contribution in [-0.2, 0) is 0 Å². The second-order valence-corrected chi connectivity index (χ2v) is 4.65. The molecule has 0 aromatic rings. The molecular formula is C12H23NO. The molecule has 14 heavy (non-hydrogen) atoms. The molecule has 1 rings (SSSR count). The highest BCUT2D eigenvalue weighted by molar-refractivity contribution is 5.08. The highest BCUT2D eigenvalue weighted by atomic mass is 16.3. The van der Waals surface area contributed by atoms with E-state index in [0.717, 1.165) is 24.9 Å². The van der Waals surface area contributed by atoms with Crippen LogP contribution < -0.4 is 5.32 Å². The molecule has 0 aromatic heterocycles. The lowest BCUT2D eigenvalue weighted by Gasteiger charge is -2.33. The number of allylic oxidation sites excluding steroid dienone is 2. The van der Waals surface area contributed by atoms with Crippen molar-refractivity contribution in [2.45, 2.75) is 27.2 Å². The summed E-state index contributed by atoms with van der Waals surface area (Å²) in [6.45, 7) is 8.85. The molecule has 0 bridgehead atoms. The minimum Gasteiger partial charge on any atom is -0.395 e. The van der Waals surface area contributed by atoms with E-state index in [1.54, 1.807) is 0 Å². The normalized spacial score (nSPS) is 32.9. The molecule has 0 radical (unpaired) electrons. The summed E-state index contributed by atoms with van der Waals surface area (Å²) in [6.07, 6.45) is 3.63. The van der Waals surface area contributed by atoms with E-state index < -0.39 is 0 Å². The molecule has 0 aliphatic heterocycles. The number of rotatable bonds is 4. The Morgan fingerprint density at radius 3 is 2.79 bits per heavy atom. The van der Waals surface area contributed by atoms with Gasteiger partial charge in [0.1, 0.15) is 0 Å². The average molecular weight is 197 g/mol. The van der Waals surface area contributed by atoms with Gasteiger partial charge in [-0.1, -0.05) is 25.5 Å². The Labute approximate surface area is 87.4 Å². The van der Waals surface area contributed by atoms with Crippen molar-refractivity contribution in [1.82, 2.24) is 5.32 Å². The van der Waals surface area contributed by atoms with E-state index in [-0.39, 0.29) is 6.61 Å².